The van der Waals surface area contributed by atoms with Crippen molar-refractivity contribution in [3.8, 4) is 0 Å². The highest BCUT2D eigenvalue weighted by atomic mass is 127. The molecule has 0 saturated carbocycles. The predicted octanol–water partition coefficient (Wildman–Crippen LogP) is 1.19. The van der Waals surface area contributed by atoms with E-state index < -0.39 is 5.97 Å². The number of rotatable bonds is 3. The van der Waals surface area contributed by atoms with Crippen LogP contribution in [0.15, 0.2) is 22.6 Å². The molecule has 0 aliphatic carbocycles. The topological polar surface area (TPSA) is 72.2 Å². The Morgan fingerprint density at radius 1 is 1.69 bits per heavy atom. The van der Waals surface area contributed by atoms with Gasteiger partial charge in [-0.05, 0) is 36.4 Å². The van der Waals surface area contributed by atoms with Crippen molar-refractivity contribution >= 4 is 28.6 Å². The van der Waals surface area contributed by atoms with Crippen molar-refractivity contribution in [2.75, 3.05) is 0 Å². The summed E-state index contributed by atoms with van der Waals surface area (Å²) in [7, 11) is 0. The molecule has 1 N–H and O–H groups in total. The first-order chi connectivity index (χ1) is 7.43. The van der Waals surface area contributed by atoms with E-state index in [1.807, 2.05) is 22.6 Å². The Balaban J connectivity index is 3.07. The summed E-state index contributed by atoms with van der Waals surface area (Å²) < 4.78 is 1.96. The fourth-order valence-corrected chi connectivity index (χ4v) is 1.51. The maximum atomic E-state index is 11.7. The first kappa shape index (κ1) is 12.9. The molecule has 0 spiro atoms. The molecule has 1 aromatic heterocycles. The van der Waals surface area contributed by atoms with Crippen LogP contribution in [0.4, 0.5) is 0 Å². The molecule has 0 aromatic carbocycles. The highest BCUT2D eigenvalue weighted by Crippen LogP contribution is 1.99. The number of allylic oxidation sites excluding steroid dienone is 1. The standard InChI is InChI=1S/C10H11IN2O3/c1-6(10(15)16)3-4-13-7(2)12-5-8(11)9(13)14/h3,5H,4H2,1-2H3,(H,15,16). The zero-order valence-corrected chi connectivity index (χ0v) is 11.1. The van der Waals surface area contributed by atoms with Gasteiger partial charge in [0.1, 0.15) is 5.82 Å². The van der Waals surface area contributed by atoms with Crippen molar-refractivity contribution in [2.45, 2.75) is 20.4 Å². The molecule has 0 saturated heterocycles. The van der Waals surface area contributed by atoms with Crippen LogP contribution < -0.4 is 5.56 Å². The van der Waals surface area contributed by atoms with Gasteiger partial charge in [0.15, 0.2) is 0 Å². The Kier molecular flexibility index (Phi) is 4.22. The van der Waals surface area contributed by atoms with Crippen LogP contribution in [-0.4, -0.2) is 20.6 Å². The summed E-state index contributed by atoms with van der Waals surface area (Å²) in [5.41, 5.74) is 0.0627. The van der Waals surface area contributed by atoms with Crippen molar-refractivity contribution in [2.24, 2.45) is 0 Å². The minimum atomic E-state index is -0.982. The lowest BCUT2D eigenvalue weighted by Crippen LogP contribution is -2.25. The predicted molar refractivity (Wildman–Crippen MR) is 67.3 cm³/mol. The van der Waals surface area contributed by atoms with Crippen molar-refractivity contribution in [3.05, 3.63) is 37.6 Å². The van der Waals surface area contributed by atoms with Gasteiger partial charge in [-0.1, -0.05) is 6.08 Å². The van der Waals surface area contributed by atoms with E-state index in [2.05, 4.69) is 4.98 Å². The second kappa shape index (κ2) is 5.24. The van der Waals surface area contributed by atoms with Gasteiger partial charge in [0.2, 0.25) is 0 Å². The molecule has 86 valence electrons. The summed E-state index contributed by atoms with van der Waals surface area (Å²) in [6.45, 7) is 3.43. The highest BCUT2D eigenvalue weighted by Gasteiger charge is 2.05. The van der Waals surface area contributed by atoms with E-state index in [1.54, 1.807) is 6.92 Å². The lowest BCUT2D eigenvalue weighted by molar-refractivity contribution is -0.132. The Bertz CT molecular complexity index is 505. The molecule has 1 rings (SSSR count). The second-order valence-corrected chi connectivity index (χ2v) is 4.42. The van der Waals surface area contributed by atoms with Gasteiger partial charge >= 0.3 is 5.97 Å². The van der Waals surface area contributed by atoms with Crippen LogP contribution in [0, 0.1) is 10.5 Å². The number of aliphatic carboxylic acids is 1. The number of carbonyl (C=O) groups is 1. The number of hydrogen-bond acceptors (Lipinski definition) is 3. The van der Waals surface area contributed by atoms with Gasteiger partial charge in [0.25, 0.3) is 5.56 Å². The molecule has 0 bridgehead atoms. The summed E-state index contributed by atoms with van der Waals surface area (Å²) in [5.74, 6) is -0.413. The summed E-state index contributed by atoms with van der Waals surface area (Å²) in [5, 5.41) is 8.68. The van der Waals surface area contributed by atoms with Gasteiger partial charge in [-0.15, -0.1) is 0 Å². The zero-order valence-electron chi connectivity index (χ0n) is 8.90. The van der Waals surface area contributed by atoms with E-state index in [0.29, 0.717) is 9.39 Å². The third-order valence-electron chi connectivity index (χ3n) is 2.12. The van der Waals surface area contributed by atoms with E-state index in [1.165, 1.54) is 23.8 Å². The normalized spacial score (nSPS) is 11.6. The van der Waals surface area contributed by atoms with Crippen molar-refractivity contribution in [1.82, 2.24) is 9.55 Å². The molecule has 1 heterocycles. The molecule has 16 heavy (non-hydrogen) atoms. The van der Waals surface area contributed by atoms with Gasteiger partial charge in [-0.3, -0.25) is 9.36 Å². The number of hydrogen-bond donors (Lipinski definition) is 1. The largest absolute Gasteiger partial charge is 0.478 e. The van der Waals surface area contributed by atoms with Gasteiger partial charge in [-0.25, -0.2) is 9.78 Å². The Morgan fingerprint density at radius 3 is 2.88 bits per heavy atom. The monoisotopic (exact) mass is 334 g/mol. The number of aromatic nitrogens is 2. The first-order valence-electron chi connectivity index (χ1n) is 4.55. The maximum absolute atomic E-state index is 11.7. The highest BCUT2D eigenvalue weighted by molar-refractivity contribution is 14.1. The van der Waals surface area contributed by atoms with Crippen LogP contribution in [0.5, 0.6) is 0 Å². The SMILES string of the molecule is CC(=CCn1c(C)ncc(I)c1=O)C(=O)O. The summed E-state index contributed by atoms with van der Waals surface area (Å²) in [6, 6.07) is 0. The maximum Gasteiger partial charge on any atom is 0.331 e. The fraction of sp³-hybridized carbons (Fsp3) is 0.300. The van der Waals surface area contributed by atoms with Crippen LogP contribution in [0.2, 0.25) is 0 Å². The van der Waals surface area contributed by atoms with Crippen molar-refractivity contribution in [1.29, 1.82) is 0 Å². The van der Waals surface area contributed by atoms with Gasteiger partial charge < -0.3 is 5.11 Å². The van der Waals surface area contributed by atoms with Crippen molar-refractivity contribution in [3.63, 3.8) is 0 Å². The average Bonchev–Trinajstić information content (AvgIpc) is 2.23. The summed E-state index contributed by atoms with van der Waals surface area (Å²) in [4.78, 5) is 26.3. The lowest BCUT2D eigenvalue weighted by Gasteiger charge is -2.06. The summed E-state index contributed by atoms with van der Waals surface area (Å²) in [6.07, 6.45) is 3.00. The minimum Gasteiger partial charge on any atom is -0.478 e. The van der Waals surface area contributed by atoms with Crippen molar-refractivity contribution < 1.29 is 9.90 Å². The van der Waals surface area contributed by atoms with E-state index >= 15 is 0 Å². The molecule has 1 aromatic rings. The molecule has 0 radical (unpaired) electrons. The molecule has 6 heteroatoms. The Morgan fingerprint density at radius 2 is 2.31 bits per heavy atom. The van der Waals surface area contributed by atoms with Crippen LogP contribution in [-0.2, 0) is 11.3 Å². The van der Waals surface area contributed by atoms with Gasteiger partial charge in [-0.2, -0.15) is 0 Å². The third kappa shape index (κ3) is 2.91. The van der Waals surface area contributed by atoms with E-state index in [-0.39, 0.29) is 17.7 Å². The molecule has 0 amide bonds. The smallest absolute Gasteiger partial charge is 0.331 e. The second-order valence-electron chi connectivity index (χ2n) is 3.26. The minimum absolute atomic E-state index is 0.150. The number of halogens is 1. The fourth-order valence-electron chi connectivity index (χ4n) is 1.08. The Hall–Kier alpha value is -1.18. The Labute approximate surface area is 106 Å². The summed E-state index contributed by atoms with van der Waals surface area (Å²) >= 11 is 1.90. The lowest BCUT2D eigenvalue weighted by atomic mass is 10.3. The van der Waals surface area contributed by atoms with Crippen LogP contribution in [0.25, 0.3) is 0 Å². The van der Waals surface area contributed by atoms with Gasteiger partial charge in [0, 0.05) is 18.3 Å². The quantitative estimate of drug-likeness (QED) is 0.666. The zero-order chi connectivity index (χ0) is 12.3. The van der Waals surface area contributed by atoms with Crippen LogP contribution in [0.3, 0.4) is 0 Å². The molecule has 0 unspecified atom stereocenters. The molecule has 0 aliphatic heterocycles. The third-order valence-corrected chi connectivity index (χ3v) is 2.86. The molecule has 0 atom stereocenters. The number of carboxylic acids is 1. The molecule has 5 nitrogen and oxygen atoms in total. The molecular formula is C10H11IN2O3. The molecule has 0 aliphatic rings. The van der Waals surface area contributed by atoms with Crippen LogP contribution >= 0.6 is 22.6 Å². The molecular weight excluding hydrogens is 323 g/mol. The number of carboxylic acid groups (broad SMARTS) is 1. The number of aryl methyl sites for hydroxylation is 1. The van der Waals surface area contributed by atoms with E-state index in [0.717, 1.165) is 0 Å². The van der Waals surface area contributed by atoms with E-state index in [4.69, 9.17) is 5.11 Å². The number of nitrogens with zero attached hydrogens (tertiary/aromatic N) is 2. The van der Waals surface area contributed by atoms with Crippen LogP contribution in [0.1, 0.15) is 12.7 Å². The van der Waals surface area contributed by atoms with E-state index in [9.17, 15) is 9.59 Å². The first-order valence-corrected chi connectivity index (χ1v) is 5.63. The average molecular weight is 334 g/mol. The molecule has 0 fully saturated rings. The van der Waals surface area contributed by atoms with Gasteiger partial charge in [0.05, 0.1) is 3.57 Å².